The molecule has 0 N–H and O–H groups in total. The number of thiophene rings is 1. The Hall–Kier alpha value is -2.38. The molecule has 0 fully saturated rings. The average molecular weight is 280 g/mol. The SMILES string of the molecule is C#Cc1nn(-c2ccc(C)cc2)c(=O)c2c(C)scc12. The largest absolute Gasteiger partial charge is 0.280 e. The number of aryl methyl sites for hydroxylation is 2. The van der Waals surface area contributed by atoms with Gasteiger partial charge in [0.2, 0.25) is 0 Å². The maximum Gasteiger partial charge on any atom is 0.280 e. The van der Waals surface area contributed by atoms with E-state index in [2.05, 4.69) is 11.0 Å². The van der Waals surface area contributed by atoms with Crippen LogP contribution in [0.15, 0.2) is 34.4 Å². The molecule has 0 saturated heterocycles. The fraction of sp³-hybridized carbons (Fsp3) is 0.125. The highest BCUT2D eigenvalue weighted by atomic mass is 32.1. The normalized spacial score (nSPS) is 10.7. The van der Waals surface area contributed by atoms with Crippen LogP contribution in [0, 0.1) is 26.2 Å². The Morgan fingerprint density at radius 2 is 1.95 bits per heavy atom. The smallest absolute Gasteiger partial charge is 0.267 e. The van der Waals surface area contributed by atoms with E-state index in [0.29, 0.717) is 11.1 Å². The number of nitrogens with zero attached hydrogens (tertiary/aromatic N) is 2. The van der Waals surface area contributed by atoms with Crippen LogP contribution in [-0.2, 0) is 0 Å². The van der Waals surface area contributed by atoms with Crippen LogP contribution in [0.3, 0.4) is 0 Å². The van der Waals surface area contributed by atoms with E-state index in [4.69, 9.17) is 6.42 Å². The number of rotatable bonds is 1. The molecule has 0 bridgehead atoms. The molecule has 4 heteroatoms. The predicted molar refractivity (Wildman–Crippen MR) is 82.6 cm³/mol. The van der Waals surface area contributed by atoms with Gasteiger partial charge >= 0.3 is 0 Å². The summed E-state index contributed by atoms with van der Waals surface area (Å²) < 4.78 is 1.39. The summed E-state index contributed by atoms with van der Waals surface area (Å²) in [6.45, 7) is 3.92. The molecule has 98 valence electrons. The number of hydrogen-bond acceptors (Lipinski definition) is 3. The number of terminal acetylenes is 1. The van der Waals surface area contributed by atoms with Crippen molar-refractivity contribution in [3.8, 4) is 18.0 Å². The molecule has 2 heterocycles. The summed E-state index contributed by atoms with van der Waals surface area (Å²) in [5, 5.41) is 7.64. The van der Waals surface area contributed by atoms with Gasteiger partial charge in [0.1, 0.15) is 5.69 Å². The first-order chi connectivity index (χ1) is 9.61. The molecule has 0 aliphatic carbocycles. The topological polar surface area (TPSA) is 34.9 Å². The fourth-order valence-corrected chi connectivity index (χ4v) is 3.01. The molecule has 20 heavy (non-hydrogen) atoms. The van der Waals surface area contributed by atoms with E-state index in [-0.39, 0.29) is 5.56 Å². The zero-order chi connectivity index (χ0) is 14.3. The molecule has 0 aliphatic heterocycles. The van der Waals surface area contributed by atoms with Crippen molar-refractivity contribution >= 4 is 22.1 Å². The Morgan fingerprint density at radius 3 is 2.60 bits per heavy atom. The molecule has 2 aromatic heterocycles. The van der Waals surface area contributed by atoms with Crippen molar-refractivity contribution in [3.63, 3.8) is 0 Å². The van der Waals surface area contributed by atoms with Crippen LogP contribution in [0.2, 0.25) is 0 Å². The van der Waals surface area contributed by atoms with Gasteiger partial charge in [-0.1, -0.05) is 17.7 Å². The number of benzene rings is 1. The molecule has 3 aromatic rings. The zero-order valence-electron chi connectivity index (χ0n) is 11.2. The van der Waals surface area contributed by atoms with Crippen molar-refractivity contribution in [1.29, 1.82) is 0 Å². The van der Waals surface area contributed by atoms with Gasteiger partial charge in [0, 0.05) is 15.6 Å². The number of fused-ring (bicyclic) bond motifs is 1. The van der Waals surface area contributed by atoms with Crippen LogP contribution < -0.4 is 5.56 Å². The molecule has 0 atom stereocenters. The molecule has 3 rings (SSSR count). The highest BCUT2D eigenvalue weighted by molar-refractivity contribution is 7.11. The molecular formula is C16H12N2OS. The van der Waals surface area contributed by atoms with Gasteiger partial charge in [-0.3, -0.25) is 4.79 Å². The van der Waals surface area contributed by atoms with Crippen LogP contribution in [0.5, 0.6) is 0 Å². The monoisotopic (exact) mass is 280 g/mol. The van der Waals surface area contributed by atoms with Gasteiger partial charge in [-0.15, -0.1) is 17.8 Å². The lowest BCUT2D eigenvalue weighted by Gasteiger charge is -2.07. The van der Waals surface area contributed by atoms with Crippen LogP contribution in [0.4, 0.5) is 0 Å². The van der Waals surface area contributed by atoms with Crippen molar-refractivity contribution in [1.82, 2.24) is 9.78 Å². The molecule has 0 amide bonds. The Morgan fingerprint density at radius 1 is 1.25 bits per heavy atom. The summed E-state index contributed by atoms with van der Waals surface area (Å²) in [5.41, 5.74) is 2.24. The van der Waals surface area contributed by atoms with E-state index < -0.39 is 0 Å². The molecule has 3 nitrogen and oxygen atoms in total. The maximum absolute atomic E-state index is 12.6. The lowest BCUT2D eigenvalue weighted by molar-refractivity contribution is 0.814. The lowest BCUT2D eigenvalue weighted by Crippen LogP contribution is -2.22. The minimum atomic E-state index is -0.124. The van der Waals surface area contributed by atoms with Crippen molar-refractivity contribution in [2.24, 2.45) is 0 Å². The van der Waals surface area contributed by atoms with Crippen LogP contribution in [-0.4, -0.2) is 9.78 Å². The van der Waals surface area contributed by atoms with E-state index in [0.717, 1.165) is 21.5 Å². The van der Waals surface area contributed by atoms with E-state index in [1.807, 2.05) is 43.5 Å². The van der Waals surface area contributed by atoms with Gasteiger partial charge in [0.15, 0.2) is 0 Å². The quantitative estimate of drug-likeness (QED) is 0.642. The predicted octanol–water partition coefficient (Wildman–Crippen LogP) is 3.05. The number of aromatic nitrogens is 2. The third kappa shape index (κ3) is 1.84. The highest BCUT2D eigenvalue weighted by Gasteiger charge is 2.14. The number of hydrogen-bond donors (Lipinski definition) is 0. The Labute approximate surface area is 120 Å². The second-order valence-corrected chi connectivity index (χ2v) is 5.71. The minimum Gasteiger partial charge on any atom is -0.267 e. The van der Waals surface area contributed by atoms with Crippen molar-refractivity contribution in [2.45, 2.75) is 13.8 Å². The molecule has 0 saturated carbocycles. The van der Waals surface area contributed by atoms with E-state index >= 15 is 0 Å². The minimum absolute atomic E-state index is 0.124. The first-order valence-electron chi connectivity index (χ1n) is 6.16. The van der Waals surface area contributed by atoms with Gasteiger partial charge in [0.25, 0.3) is 5.56 Å². The molecule has 0 unspecified atom stereocenters. The Balaban J connectivity index is 2.40. The first kappa shape index (κ1) is 12.6. The van der Waals surface area contributed by atoms with Crippen molar-refractivity contribution < 1.29 is 0 Å². The molecule has 0 spiro atoms. The van der Waals surface area contributed by atoms with Gasteiger partial charge in [-0.2, -0.15) is 9.78 Å². The first-order valence-corrected chi connectivity index (χ1v) is 7.04. The molecule has 1 aromatic carbocycles. The van der Waals surface area contributed by atoms with Crippen LogP contribution in [0.25, 0.3) is 16.5 Å². The average Bonchev–Trinajstić information content (AvgIpc) is 2.83. The molecular weight excluding hydrogens is 268 g/mol. The standard InChI is InChI=1S/C16H12N2OS/c1-4-14-13-9-20-11(3)15(13)16(19)18(17-14)12-7-5-10(2)6-8-12/h1,5-9H,2-3H3. The summed E-state index contributed by atoms with van der Waals surface area (Å²) in [6.07, 6.45) is 5.52. The van der Waals surface area contributed by atoms with E-state index in [9.17, 15) is 4.79 Å². The second kappa shape index (κ2) is 4.62. The summed E-state index contributed by atoms with van der Waals surface area (Å²) >= 11 is 1.52. The van der Waals surface area contributed by atoms with Gasteiger partial charge in [-0.05, 0) is 31.9 Å². The van der Waals surface area contributed by atoms with Gasteiger partial charge in [-0.25, -0.2) is 0 Å². The third-order valence-corrected chi connectivity index (χ3v) is 4.16. The Kier molecular flexibility index (Phi) is 2.92. The second-order valence-electron chi connectivity index (χ2n) is 4.63. The Bertz CT molecular complexity index is 895. The highest BCUT2D eigenvalue weighted by Crippen LogP contribution is 2.24. The summed E-state index contributed by atoms with van der Waals surface area (Å²) in [6, 6.07) is 7.64. The summed E-state index contributed by atoms with van der Waals surface area (Å²) in [7, 11) is 0. The zero-order valence-corrected chi connectivity index (χ0v) is 12.0. The van der Waals surface area contributed by atoms with Gasteiger partial charge < -0.3 is 0 Å². The third-order valence-electron chi connectivity index (χ3n) is 3.25. The van der Waals surface area contributed by atoms with Crippen LogP contribution >= 0.6 is 11.3 Å². The molecule has 0 radical (unpaired) electrons. The summed E-state index contributed by atoms with van der Waals surface area (Å²) in [5.74, 6) is 2.57. The molecule has 0 aliphatic rings. The lowest BCUT2D eigenvalue weighted by atomic mass is 10.2. The van der Waals surface area contributed by atoms with Crippen molar-refractivity contribution in [2.75, 3.05) is 0 Å². The van der Waals surface area contributed by atoms with Gasteiger partial charge in [0.05, 0.1) is 11.1 Å². The van der Waals surface area contributed by atoms with Crippen LogP contribution in [0.1, 0.15) is 16.1 Å². The van der Waals surface area contributed by atoms with E-state index in [1.54, 1.807) is 0 Å². The van der Waals surface area contributed by atoms with E-state index in [1.165, 1.54) is 16.0 Å². The summed E-state index contributed by atoms with van der Waals surface area (Å²) in [4.78, 5) is 13.6. The maximum atomic E-state index is 12.6. The fourth-order valence-electron chi connectivity index (χ4n) is 2.17. The van der Waals surface area contributed by atoms with Crippen molar-refractivity contribution in [3.05, 3.63) is 56.1 Å².